The van der Waals surface area contributed by atoms with Crippen molar-refractivity contribution >= 4 is 13.7 Å². The highest BCUT2D eigenvalue weighted by Gasteiger charge is 2.27. The summed E-state index contributed by atoms with van der Waals surface area (Å²) < 4.78 is 23.6. The van der Waals surface area contributed by atoms with Gasteiger partial charge < -0.3 is 19.8 Å². The molecule has 1 amide bonds. The maximum absolute atomic E-state index is 12.9. The second-order valence-electron chi connectivity index (χ2n) is 18.9. The smallest absolute Gasteiger partial charge is 0.387 e. The molecule has 69 heavy (non-hydrogen) atoms. The number of aliphatic hydroxyl groups is 1. The minimum absolute atomic E-state index is 0.0453. The number of unbranched alkanes of at least 4 members (excludes halogenated alkanes) is 14. The van der Waals surface area contributed by atoms with Crippen LogP contribution in [0.2, 0.25) is 0 Å². The number of nitrogens with zero attached hydrogens (tertiary/aromatic N) is 1. The molecule has 3 atom stereocenters. The number of quaternary nitrogens is 1. The normalized spacial score (nSPS) is 15.1. The van der Waals surface area contributed by atoms with Crippen LogP contribution in [0.25, 0.3) is 0 Å². The molecular formula is C60H102N2O6P+. The molecule has 0 spiro atoms. The molecule has 0 rings (SSSR count). The largest absolute Gasteiger partial charge is 0.472 e. The van der Waals surface area contributed by atoms with Gasteiger partial charge in [0.25, 0.3) is 0 Å². The van der Waals surface area contributed by atoms with Gasteiger partial charge in [-0.3, -0.25) is 13.8 Å². The van der Waals surface area contributed by atoms with Crippen molar-refractivity contribution in [1.29, 1.82) is 0 Å². The number of hydrogen-bond donors (Lipinski definition) is 3. The van der Waals surface area contributed by atoms with E-state index >= 15 is 0 Å². The molecule has 0 aromatic rings. The van der Waals surface area contributed by atoms with Gasteiger partial charge in [-0.2, -0.15) is 0 Å². The van der Waals surface area contributed by atoms with Crippen molar-refractivity contribution in [2.24, 2.45) is 0 Å². The van der Waals surface area contributed by atoms with Gasteiger partial charge in [0.05, 0.1) is 39.9 Å². The summed E-state index contributed by atoms with van der Waals surface area (Å²) in [5.74, 6) is -0.226. The third kappa shape index (κ3) is 52.3. The standard InChI is InChI=1S/C60H101N2O6P/c1-6-8-10-12-14-16-18-20-22-23-24-25-26-27-28-29-30-31-32-33-34-35-36-37-38-39-40-42-44-46-48-50-52-54-60(64)61-58(57-68-69(65,66)67-56-55-62(3,4)5)59(63)53-51-49-47-45-43-41-21-19-17-15-13-11-9-7-2/h8,10,14,16,20,22,24-25,27-28,30-31,33-34,36-37,39-40,44,46,51,53,58-59,63H,6-7,9,11-13,15,17-19,21,23,26,29,32,35,38,41-43,45,47-50,52,54-57H2,1-5H3,(H-,61,64,65,66)/p+1/b10-8-,16-14-,22-20-,25-24-,28-27-,31-30-,34-33-,37-36-,40-39-,46-44-,53-51+. The van der Waals surface area contributed by atoms with Crippen LogP contribution in [0.1, 0.15) is 187 Å². The van der Waals surface area contributed by atoms with Crippen LogP contribution < -0.4 is 5.32 Å². The molecule has 0 heterocycles. The number of hydrogen-bond acceptors (Lipinski definition) is 5. The zero-order valence-corrected chi connectivity index (χ0v) is 45.4. The van der Waals surface area contributed by atoms with Crippen molar-refractivity contribution in [2.75, 3.05) is 40.9 Å². The Hall–Kier alpha value is -3.36. The molecule has 0 aromatic carbocycles. The molecule has 0 fully saturated rings. The Morgan fingerprint density at radius 1 is 0.507 bits per heavy atom. The minimum Gasteiger partial charge on any atom is -0.387 e. The van der Waals surface area contributed by atoms with Crippen LogP contribution >= 0.6 is 7.82 Å². The number of allylic oxidation sites excluding steroid dienone is 21. The number of carbonyl (C=O) groups excluding carboxylic acids is 1. The van der Waals surface area contributed by atoms with Crippen LogP contribution in [-0.4, -0.2) is 73.4 Å². The topological polar surface area (TPSA) is 105 Å². The number of amides is 1. The monoisotopic (exact) mass is 978 g/mol. The SMILES string of the molecule is CC/C=C\C/C=C\C/C=C\C/C=C\C/C=C\C/C=C\C/C=C\C/C=C\C/C=C\C/C=C\CCCCC(=O)NC(COP(=O)(O)OCC[N+](C)(C)C)C(O)/C=C/CCCCCCCCCCCCCC. The average Bonchev–Trinajstić information content (AvgIpc) is 3.31. The second-order valence-corrected chi connectivity index (χ2v) is 20.3. The molecule has 8 nitrogen and oxygen atoms in total. The van der Waals surface area contributed by atoms with Gasteiger partial charge in [-0.1, -0.05) is 218 Å². The number of carbonyl (C=O) groups is 1. The fourth-order valence-electron chi connectivity index (χ4n) is 6.89. The molecule has 0 radical (unpaired) electrons. The van der Waals surface area contributed by atoms with Gasteiger partial charge in [0.15, 0.2) is 0 Å². The van der Waals surface area contributed by atoms with Crippen LogP contribution in [-0.2, 0) is 18.4 Å². The maximum Gasteiger partial charge on any atom is 0.472 e. The Morgan fingerprint density at radius 3 is 1.28 bits per heavy atom. The summed E-state index contributed by atoms with van der Waals surface area (Å²) in [6.07, 6.45) is 75.4. The van der Waals surface area contributed by atoms with Crippen LogP contribution in [0.4, 0.5) is 0 Å². The quantitative estimate of drug-likeness (QED) is 0.0243. The van der Waals surface area contributed by atoms with Crippen molar-refractivity contribution in [3.63, 3.8) is 0 Å². The van der Waals surface area contributed by atoms with E-state index in [1.165, 1.54) is 64.2 Å². The van der Waals surface area contributed by atoms with E-state index in [9.17, 15) is 19.4 Å². The van der Waals surface area contributed by atoms with Gasteiger partial charge in [0.2, 0.25) is 5.91 Å². The first-order valence-electron chi connectivity index (χ1n) is 27.1. The van der Waals surface area contributed by atoms with E-state index in [0.29, 0.717) is 23.9 Å². The molecule has 0 aromatic heterocycles. The van der Waals surface area contributed by atoms with E-state index in [1.807, 2.05) is 27.2 Å². The van der Waals surface area contributed by atoms with E-state index in [0.717, 1.165) is 96.3 Å². The molecule has 0 aliphatic heterocycles. The summed E-state index contributed by atoms with van der Waals surface area (Å²) in [7, 11) is 1.52. The Morgan fingerprint density at radius 2 is 0.870 bits per heavy atom. The van der Waals surface area contributed by atoms with Crippen molar-refractivity contribution in [3.05, 3.63) is 134 Å². The number of aliphatic hydroxyl groups excluding tert-OH is 1. The van der Waals surface area contributed by atoms with E-state index in [1.54, 1.807) is 6.08 Å². The molecule has 0 aliphatic carbocycles. The number of nitrogens with one attached hydrogen (secondary N) is 1. The average molecular weight is 978 g/mol. The van der Waals surface area contributed by atoms with Crippen molar-refractivity contribution < 1.29 is 32.9 Å². The lowest BCUT2D eigenvalue weighted by atomic mass is 10.0. The second kappa shape index (κ2) is 49.6. The van der Waals surface area contributed by atoms with E-state index < -0.39 is 20.0 Å². The molecule has 0 saturated carbocycles. The van der Waals surface area contributed by atoms with E-state index in [2.05, 4.69) is 141 Å². The van der Waals surface area contributed by atoms with Gasteiger partial charge in [0, 0.05) is 6.42 Å². The molecular weight excluding hydrogens is 876 g/mol. The van der Waals surface area contributed by atoms with E-state index in [-0.39, 0.29) is 19.1 Å². The summed E-state index contributed by atoms with van der Waals surface area (Å²) in [6, 6.07) is -0.879. The van der Waals surface area contributed by atoms with Gasteiger partial charge in [-0.05, 0) is 96.3 Å². The van der Waals surface area contributed by atoms with Gasteiger partial charge >= 0.3 is 7.82 Å². The molecule has 0 bridgehead atoms. The van der Waals surface area contributed by atoms with Crippen LogP contribution in [0.15, 0.2) is 134 Å². The first-order valence-corrected chi connectivity index (χ1v) is 28.6. The third-order valence-corrected chi connectivity index (χ3v) is 12.1. The van der Waals surface area contributed by atoms with Crippen LogP contribution in [0.3, 0.4) is 0 Å². The maximum atomic E-state index is 12.9. The lowest BCUT2D eigenvalue weighted by Gasteiger charge is -2.25. The predicted octanol–water partition coefficient (Wildman–Crippen LogP) is 16.4. The molecule has 3 unspecified atom stereocenters. The highest BCUT2D eigenvalue weighted by Crippen LogP contribution is 2.43. The number of phosphoric acid groups is 1. The summed E-state index contributed by atoms with van der Waals surface area (Å²) in [5.41, 5.74) is 0. The highest BCUT2D eigenvalue weighted by molar-refractivity contribution is 7.47. The minimum atomic E-state index is -4.36. The Labute approximate surface area is 424 Å². The summed E-state index contributed by atoms with van der Waals surface area (Å²) in [6.45, 7) is 4.64. The van der Waals surface area contributed by atoms with Crippen molar-refractivity contribution in [2.45, 2.75) is 199 Å². The Bertz CT molecular complexity index is 1580. The third-order valence-electron chi connectivity index (χ3n) is 11.1. The zero-order chi connectivity index (χ0) is 50.6. The fourth-order valence-corrected chi connectivity index (χ4v) is 7.63. The zero-order valence-electron chi connectivity index (χ0n) is 44.5. The molecule has 0 aliphatic rings. The molecule has 9 heteroatoms. The Kier molecular flexibility index (Phi) is 47.2. The number of rotatable bonds is 47. The van der Waals surface area contributed by atoms with Crippen molar-refractivity contribution in [1.82, 2.24) is 5.32 Å². The van der Waals surface area contributed by atoms with Crippen molar-refractivity contribution in [3.8, 4) is 0 Å². The van der Waals surface area contributed by atoms with Crippen LogP contribution in [0, 0.1) is 0 Å². The molecule has 3 N–H and O–H groups in total. The first-order chi connectivity index (χ1) is 33.5. The summed E-state index contributed by atoms with van der Waals surface area (Å²) >= 11 is 0. The highest BCUT2D eigenvalue weighted by atomic mass is 31.2. The van der Waals surface area contributed by atoms with Gasteiger partial charge in [0.1, 0.15) is 13.2 Å². The van der Waals surface area contributed by atoms with Gasteiger partial charge in [-0.15, -0.1) is 0 Å². The number of phosphoric ester groups is 1. The van der Waals surface area contributed by atoms with E-state index in [4.69, 9.17) is 9.05 Å². The lowest BCUT2D eigenvalue weighted by molar-refractivity contribution is -0.870. The first kappa shape index (κ1) is 65.6. The molecule has 0 saturated heterocycles. The predicted molar refractivity (Wildman–Crippen MR) is 299 cm³/mol. The number of likely N-dealkylation sites (N-methyl/N-ethyl adjacent to an activating group) is 1. The lowest BCUT2D eigenvalue weighted by Crippen LogP contribution is -2.45. The fraction of sp³-hybridized carbons (Fsp3) is 0.617. The Balaban J connectivity index is 4.35. The van der Waals surface area contributed by atoms with Gasteiger partial charge in [-0.25, -0.2) is 4.57 Å². The van der Waals surface area contributed by atoms with Crippen LogP contribution in [0.5, 0.6) is 0 Å². The summed E-state index contributed by atoms with van der Waals surface area (Å²) in [5, 5.41) is 13.8. The summed E-state index contributed by atoms with van der Waals surface area (Å²) in [4.78, 5) is 23.2. The molecule has 392 valence electrons.